The minimum Gasteiger partial charge on any atom is -0.379 e. The van der Waals surface area contributed by atoms with Gasteiger partial charge in [-0.2, -0.15) is 0 Å². The van der Waals surface area contributed by atoms with Crippen molar-refractivity contribution in [3.8, 4) is 0 Å². The van der Waals surface area contributed by atoms with E-state index < -0.39 is 0 Å². The van der Waals surface area contributed by atoms with Gasteiger partial charge in [0.05, 0.1) is 0 Å². The van der Waals surface area contributed by atoms with E-state index in [1.807, 2.05) is 41.3 Å². The van der Waals surface area contributed by atoms with E-state index in [9.17, 15) is 4.79 Å². The van der Waals surface area contributed by atoms with Gasteiger partial charge in [0.2, 0.25) is 5.91 Å². The highest BCUT2D eigenvalue weighted by Crippen LogP contribution is 2.25. The largest absolute Gasteiger partial charge is 0.379 e. The number of benzene rings is 1. The number of rotatable bonds is 4. The van der Waals surface area contributed by atoms with Crippen LogP contribution >= 0.6 is 0 Å². The summed E-state index contributed by atoms with van der Waals surface area (Å²) in [6, 6.07) is 12.3. The van der Waals surface area contributed by atoms with Gasteiger partial charge in [-0.1, -0.05) is 0 Å². The Morgan fingerprint density at radius 2 is 1.86 bits per heavy atom. The standard InChI is InChI=1S/C17H19N3O/c1-13(14-8-10-18-11-9-14)19-15-4-6-16(7-5-15)20-12-2-3-17(20)21/h4-11,13,19H,2-3,12H2,1H3. The molecule has 1 aromatic heterocycles. The average Bonchev–Trinajstić information content (AvgIpc) is 2.95. The van der Waals surface area contributed by atoms with Gasteiger partial charge in [0.25, 0.3) is 0 Å². The molecule has 0 bridgehead atoms. The zero-order valence-electron chi connectivity index (χ0n) is 12.1. The normalized spacial score (nSPS) is 16.0. The van der Waals surface area contributed by atoms with Gasteiger partial charge in [-0.25, -0.2) is 0 Å². The van der Waals surface area contributed by atoms with Crippen LogP contribution in [0.4, 0.5) is 11.4 Å². The van der Waals surface area contributed by atoms with E-state index in [1.165, 1.54) is 5.56 Å². The van der Waals surface area contributed by atoms with Crippen LogP contribution in [0.2, 0.25) is 0 Å². The van der Waals surface area contributed by atoms with E-state index in [1.54, 1.807) is 12.4 Å². The molecule has 1 saturated heterocycles. The predicted octanol–water partition coefficient (Wildman–Crippen LogP) is 3.38. The lowest BCUT2D eigenvalue weighted by Gasteiger charge is -2.18. The maximum Gasteiger partial charge on any atom is 0.227 e. The van der Waals surface area contributed by atoms with Crippen molar-refractivity contribution in [1.82, 2.24) is 4.98 Å². The van der Waals surface area contributed by atoms with Gasteiger partial charge in [0.1, 0.15) is 0 Å². The van der Waals surface area contributed by atoms with Crippen molar-refractivity contribution in [2.24, 2.45) is 0 Å². The second-order valence-electron chi connectivity index (χ2n) is 5.34. The third-order valence-corrected chi connectivity index (χ3v) is 3.84. The zero-order chi connectivity index (χ0) is 14.7. The Morgan fingerprint density at radius 1 is 1.14 bits per heavy atom. The van der Waals surface area contributed by atoms with Gasteiger partial charge >= 0.3 is 0 Å². The minimum atomic E-state index is 0.215. The van der Waals surface area contributed by atoms with Crippen molar-refractivity contribution in [3.63, 3.8) is 0 Å². The van der Waals surface area contributed by atoms with Crippen molar-refractivity contribution >= 4 is 17.3 Å². The first kappa shape index (κ1) is 13.6. The number of carbonyl (C=O) groups excluding carboxylic acids is 1. The number of anilines is 2. The molecule has 0 radical (unpaired) electrons. The second kappa shape index (κ2) is 5.95. The highest BCUT2D eigenvalue weighted by molar-refractivity contribution is 5.95. The molecule has 4 heteroatoms. The molecule has 3 rings (SSSR count). The smallest absolute Gasteiger partial charge is 0.227 e. The van der Waals surface area contributed by atoms with Crippen molar-refractivity contribution in [2.75, 3.05) is 16.8 Å². The van der Waals surface area contributed by atoms with E-state index in [0.29, 0.717) is 6.42 Å². The van der Waals surface area contributed by atoms with Crippen molar-refractivity contribution < 1.29 is 4.79 Å². The van der Waals surface area contributed by atoms with Crippen LogP contribution in [0, 0.1) is 0 Å². The van der Waals surface area contributed by atoms with Crippen LogP contribution in [0.15, 0.2) is 48.8 Å². The van der Waals surface area contributed by atoms with Gasteiger partial charge in [0.15, 0.2) is 0 Å². The molecule has 1 amide bonds. The number of aromatic nitrogens is 1. The molecule has 0 aliphatic carbocycles. The third kappa shape index (κ3) is 3.05. The lowest BCUT2D eigenvalue weighted by atomic mass is 10.1. The molecule has 1 aliphatic rings. The SMILES string of the molecule is CC(Nc1ccc(N2CCCC2=O)cc1)c1ccncc1. The molecule has 0 saturated carbocycles. The molecule has 1 atom stereocenters. The van der Waals surface area contributed by atoms with Crippen molar-refractivity contribution in [2.45, 2.75) is 25.8 Å². The first-order valence-corrected chi connectivity index (χ1v) is 7.31. The fraction of sp³-hybridized carbons (Fsp3) is 0.294. The predicted molar refractivity (Wildman–Crippen MR) is 84.3 cm³/mol. The molecule has 2 aromatic rings. The molecular weight excluding hydrogens is 262 g/mol. The number of nitrogens with zero attached hydrogens (tertiary/aromatic N) is 2. The maximum absolute atomic E-state index is 11.7. The Hall–Kier alpha value is -2.36. The molecule has 21 heavy (non-hydrogen) atoms. The molecule has 2 heterocycles. The number of hydrogen-bond acceptors (Lipinski definition) is 3. The fourth-order valence-electron chi connectivity index (χ4n) is 2.64. The summed E-state index contributed by atoms with van der Waals surface area (Å²) in [5.41, 5.74) is 3.23. The van der Waals surface area contributed by atoms with Crippen molar-refractivity contribution in [1.29, 1.82) is 0 Å². The summed E-state index contributed by atoms with van der Waals surface area (Å²) in [5.74, 6) is 0.223. The van der Waals surface area contributed by atoms with E-state index in [4.69, 9.17) is 0 Å². The Morgan fingerprint density at radius 3 is 2.48 bits per heavy atom. The van der Waals surface area contributed by atoms with Crippen LogP contribution in [0.25, 0.3) is 0 Å². The molecule has 1 aromatic carbocycles. The average molecular weight is 281 g/mol. The Kier molecular flexibility index (Phi) is 3.86. The monoisotopic (exact) mass is 281 g/mol. The molecule has 108 valence electrons. The lowest BCUT2D eigenvalue weighted by Crippen LogP contribution is -2.23. The second-order valence-corrected chi connectivity index (χ2v) is 5.34. The minimum absolute atomic E-state index is 0.215. The number of carbonyl (C=O) groups is 1. The fourth-order valence-corrected chi connectivity index (χ4v) is 2.64. The third-order valence-electron chi connectivity index (χ3n) is 3.84. The molecule has 1 fully saturated rings. The number of nitrogens with one attached hydrogen (secondary N) is 1. The van der Waals surface area contributed by atoms with Crippen molar-refractivity contribution in [3.05, 3.63) is 54.4 Å². The van der Waals surface area contributed by atoms with Gasteiger partial charge in [-0.15, -0.1) is 0 Å². The summed E-state index contributed by atoms with van der Waals surface area (Å²) in [5, 5.41) is 3.46. The quantitative estimate of drug-likeness (QED) is 0.934. The summed E-state index contributed by atoms with van der Waals surface area (Å²) in [6.07, 6.45) is 5.22. The number of amides is 1. The first-order valence-electron chi connectivity index (χ1n) is 7.31. The molecular formula is C17H19N3O. The van der Waals surface area contributed by atoms with Crippen LogP contribution in [0.1, 0.15) is 31.4 Å². The van der Waals surface area contributed by atoms with Crippen LogP contribution < -0.4 is 10.2 Å². The molecule has 1 unspecified atom stereocenters. The van der Waals surface area contributed by atoms with E-state index in [2.05, 4.69) is 17.2 Å². The summed E-state index contributed by atoms with van der Waals surface area (Å²) in [7, 11) is 0. The highest BCUT2D eigenvalue weighted by atomic mass is 16.2. The van der Waals surface area contributed by atoms with Crippen LogP contribution in [-0.2, 0) is 4.79 Å². The molecule has 0 spiro atoms. The lowest BCUT2D eigenvalue weighted by molar-refractivity contribution is -0.117. The Labute approximate surface area is 124 Å². The highest BCUT2D eigenvalue weighted by Gasteiger charge is 2.21. The van der Waals surface area contributed by atoms with E-state index in [0.717, 1.165) is 24.3 Å². The van der Waals surface area contributed by atoms with Crippen LogP contribution in [0.5, 0.6) is 0 Å². The summed E-state index contributed by atoms with van der Waals surface area (Å²) >= 11 is 0. The topological polar surface area (TPSA) is 45.2 Å². The van der Waals surface area contributed by atoms with Gasteiger partial charge in [-0.05, 0) is 55.3 Å². The summed E-state index contributed by atoms with van der Waals surface area (Å²) < 4.78 is 0. The van der Waals surface area contributed by atoms with Gasteiger partial charge in [-0.3, -0.25) is 9.78 Å². The summed E-state index contributed by atoms with van der Waals surface area (Å²) in [4.78, 5) is 17.6. The maximum atomic E-state index is 11.7. The van der Waals surface area contributed by atoms with E-state index in [-0.39, 0.29) is 11.9 Å². The van der Waals surface area contributed by atoms with Gasteiger partial charge < -0.3 is 10.2 Å². The number of hydrogen-bond donors (Lipinski definition) is 1. The summed E-state index contributed by atoms with van der Waals surface area (Å²) in [6.45, 7) is 2.95. The molecule has 1 aliphatic heterocycles. The number of pyridine rings is 1. The Balaban J connectivity index is 1.68. The Bertz CT molecular complexity index is 610. The molecule has 4 nitrogen and oxygen atoms in total. The van der Waals surface area contributed by atoms with Gasteiger partial charge in [0, 0.05) is 42.8 Å². The molecule has 1 N–H and O–H groups in total. The van der Waals surface area contributed by atoms with Crippen LogP contribution in [0.3, 0.4) is 0 Å². The van der Waals surface area contributed by atoms with E-state index >= 15 is 0 Å². The zero-order valence-corrected chi connectivity index (χ0v) is 12.1. The first-order chi connectivity index (χ1) is 10.2. The van der Waals surface area contributed by atoms with Crippen LogP contribution in [-0.4, -0.2) is 17.4 Å².